The molecule has 30 heavy (non-hydrogen) atoms. The van der Waals surface area contributed by atoms with E-state index in [0.29, 0.717) is 6.42 Å². The standard InChI is InChI=1S/C27H27FN2/c1-3-4-5-22-6-8-24(9-7-22)19-29-30-20-25-12-16-27(17-13-25)26-14-10-23(11-15-26)18-21(2)28/h3,6-17,19-21H,1,4-5,18H2,2H3/b29-19+,30-20+. The maximum Gasteiger partial charge on any atom is 0.101 e. The van der Waals surface area contributed by atoms with E-state index in [1.165, 1.54) is 5.56 Å². The third-order valence-corrected chi connectivity index (χ3v) is 4.81. The molecule has 0 N–H and O–H groups in total. The van der Waals surface area contributed by atoms with Crippen molar-refractivity contribution < 1.29 is 4.39 Å². The highest BCUT2D eigenvalue weighted by Crippen LogP contribution is 2.21. The first-order valence-corrected chi connectivity index (χ1v) is 10.2. The Kier molecular flexibility index (Phi) is 7.85. The van der Waals surface area contributed by atoms with Crippen LogP contribution in [0.5, 0.6) is 0 Å². The lowest BCUT2D eigenvalue weighted by Gasteiger charge is -2.05. The van der Waals surface area contributed by atoms with E-state index in [1.807, 2.05) is 54.6 Å². The van der Waals surface area contributed by atoms with Gasteiger partial charge in [-0.05, 0) is 53.1 Å². The number of allylic oxidation sites excluding steroid dienone is 1. The van der Waals surface area contributed by atoms with E-state index in [9.17, 15) is 4.39 Å². The molecule has 0 heterocycles. The van der Waals surface area contributed by atoms with Gasteiger partial charge in [0.25, 0.3) is 0 Å². The number of aryl methyl sites for hydroxylation is 1. The maximum absolute atomic E-state index is 13.1. The largest absolute Gasteiger partial charge is 0.247 e. The van der Waals surface area contributed by atoms with Crippen molar-refractivity contribution in [3.8, 4) is 11.1 Å². The summed E-state index contributed by atoms with van der Waals surface area (Å²) in [6.45, 7) is 5.33. The minimum Gasteiger partial charge on any atom is -0.247 e. The van der Waals surface area contributed by atoms with Gasteiger partial charge in [-0.1, -0.05) is 78.9 Å². The molecule has 1 unspecified atom stereocenters. The molecule has 152 valence electrons. The molecule has 3 aromatic rings. The van der Waals surface area contributed by atoms with Crippen molar-refractivity contribution >= 4 is 12.4 Å². The van der Waals surface area contributed by atoms with Crippen molar-refractivity contribution in [2.75, 3.05) is 0 Å². The zero-order valence-corrected chi connectivity index (χ0v) is 17.3. The number of alkyl halides is 1. The second kappa shape index (κ2) is 11.0. The molecule has 0 fully saturated rings. The summed E-state index contributed by atoms with van der Waals surface area (Å²) in [6, 6.07) is 24.5. The molecule has 0 aliphatic heterocycles. The van der Waals surface area contributed by atoms with E-state index < -0.39 is 6.17 Å². The van der Waals surface area contributed by atoms with Crippen LogP contribution in [0.4, 0.5) is 4.39 Å². The van der Waals surface area contributed by atoms with Crippen molar-refractivity contribution in [2.45, 2.75) is 32.4 Å². The normalized spacial score (nSPS) is 12.5. The van der Waals surface area contributed by atoms with Crippen LogP contribution in [0, 0.1) is 0 Å². The SMILES string of the molecule is C=CCCc1ccc(/C=N/N=C/c2ccc(-c3ccc(CC(C)F)cc3)cc2)cc1. The maximum atomic E-state index is 13.1. The first-order valence-electron chi connectivity index (χ1n) is 10.2. The molecule has 0 radical (unpaired) electrons. The van der Waals surface area contributed by atoms with Crippen LogP contribution < -0.4 is 0 Å². The number of hydrogen-bond acceptors (Lipinski definition) is 2. The third kappa shape index (κ3) is 6.63. The van der Waals surface area contributed by atoms with Gasteiger partial charge in [-0.25, -0.2) is 4.39 Å². The summed E-state index contributed by atoms with van der Waals surface area (Å²) in [7, 11) is 0. The summed E-state index contributed by atoms with van der Waals surface area (Å²) >= 11 is 0. The summed E-state index contributed by atoms with van der Waals surface area (Å²) in [4.78, 5) is 0. The van der Waals surface area contributed by atoms with Crippen molar-refractivity contribution in [1.29, 1.82) is 0 Å². The minimum absolute atomic E-state index is 0.454. The highest BCUT2D eigenvalue weighted by molar-refractivity contribution is 5.83. The minimum atomic E-state index is -0.821. The van der Waals surface area contributed by atoms with Crippen molar-refractivity contribution in [3.05, 3.63) is 108 Å². The van der Waals surface area contributed by atoms with Crippen molar-refractivity contribution in [2.24, 2.45) is 10.2 Å². The summed E-state index contributed by atoms with van der Waals surface area (Å²) in [5.74, 6) is 0. The molecular weight excluding hydrogens is 371 g/mol. The van der Waals surface area contributed by atoms with Crippen LogP contribution in [-0.4, -0.2) is 18.6 Å². The number of rotatable bonds is 9. The predicted molar refractivity (Wildman–Crippen MR) is 126 cm³/mol. The molecule has 0 amide bonds. The monoisotopic (exact) mass is 398 g/mol. The molecule has 0 aliphatic rings. The van der Waals surface area contributed by atoms with Gasteiger partial charge >= 0.3 is 0 Å². The fourth-order valence-corrected chi connectivity index (χ4v) is 3.16. The van der Waals surface area contributed by atoms with Gasteiger partial charge in [-0.2, -0.15) is 10.2 Å². The molecule has 3 heteroatoms. The Morgan fingerprint density at radius 1 is 0.767 bits per heavy atom. The van der Waals surface area contributed by atoms with E-state index in [1.54, 1.807) is 19.4 Å². The average Bonchev–Trinajstić information content (AvgIpc) is 2.77. The summed E-state index contributed by atoms with van der Waals surface area (Å²) in [6.07, 6.45) is 7.05. The van der Waals surface area contributed by atoms with Crippen LogP contribution in [0.3, 0.4) is 0 Å². The highest BCUT2D eigenvalue weighted by atomic mass is 19.1. The van der Waals surface area contributed by atoms with Gasteiger partial charge in [-0.15, -0.1) is 6.58 Å². The van der Waals surface area contributed by atoms with Gasteiger partial charge < -0.3 is 0 Å². The Hall–Kier alpha value is -3.33. The fourth-order valence-electron chi connectivity index (χ4n) is 3.16. The van der Waals surface area contributed by atoms with E-state index in [0.717, 1.165) is 40.7 Å². The molecule has 0 aliphatic carbocycles. The van der Waals surface area contributed by atoms with E-state index in [4.69, 9.17) is 0 Å². The average molecular weight is 399 g/mol. The van der Waals surface area contributed by atoms with Crippen LogP contribution in [0.1, 0.15) is 35.6 Å². The van der Waals surface area contributed by atoms with Crippen LogP contribution in [0.15, 0.2) is 95.7 Å². The Morgan fingerprint density at radius 3 is 1.73 bits per heavy atom. The van der Waals surface area contributed by atoms with Gasteiger partial charge in [0.2, 0.25) is 0 Å². The Balaban J connectivity index is 1.56. The number of benzene rings is 3. The van der Waals surface area contributed by atoms with Gasteiger partial charge in [0.15, 0.2) is 0 Å². The van der Waals surface area contributed by atoms with E-state index >= 15 is 0 Å². The fraction of sp³-hybridized carbons (Fsp3) is 0.185. The second-order valence-corrected chi connectivity index (χ2v) is 7.36. The van der Waals surface area contributed by atoms with Crippen LogP contribution in [0.25, 0.3) is 11.1 Å². The highest BCUT2D eigenvalue weighted by Gasteiger charge is 2.02. The van der Waals surface area contributed by atoms with Gasteiger partial charge in [0.05, 0.1) is 12.4 Å². The van der Waals surface area contributed by atoms with Gasteiger partial charge in [0.1, 0.15) is 6.17 Å². The van der Waals surface area contributed by atoms with E-state index in [-0.39, 0.29) is 0 Å². The molecule has 0 saturated carbocycles. The summed E-state index contributed by atoms with van der Waals surface area (Å²) < 4.78 is 13.1. The first-order chi connectivity index (χ1) is 14.6. The molecule has 1 atom stereocenters. The lowest BCUT2D eigenvalue weighted by molar-refractivity contribution is 0.360. The second-order valence-electron chi connectivity index (χ2n) is 7.36. The van der Waals surface area contributed by atoms with Crippen LogP contribution >= 0.6 is 0 Å². The number of nitrogens with zero attached hydrogens (tertiary/aromatic N) is 2. The van der Waals surface area contributed by atoms with Crippen molar-refractivity contribution in [1.82, 2.24) is 0 Å². The number of halogens is 1. The lowest BCUT2D eigenvalue weighted by atomic mass is 10.0. The lowest BCUT2D eigenvalue weighted by Crippen LogP contribution is -1.97. The zero-order valence-electron chi connectivity index (χ0n) is 17.3. The molecule has 3 rings (SSSR count). The molecule has 0 spiro atoms. The first kappa shape index (κ1) is 21.4. The smallest absolute Gasteiger partial charge is 0.101 e. The Labute approximate surface area is 178 Å². The molecular formula is C27H27FN2. The van der Waals surface area contributed by atoms with Crippen molar-refractivity contribution in [3.63, 3.8) is 0 Å². The molecule has 0 aromatic heterocycles. The molecule has 0 bridgehead atoms. The predicted octanol–water partition coefficient (Wildman–Crippen LogP) is 6.83. The molecule has 0 saturated heterocycles. The quantitative estimate of drug-likeness (QED) is 0.214. The summed E-state index contributed by atoms with van der Waals surface area (Å²) in [5, 5.41) is 8.29. The summed E-state index contributed by atoms with van der Waals surface area (Å²) in [5.41, 5.74) is 6.55. The van der Waals surface area contributed by atoms with Gasteiger partial charge in [0, 0.05) is 6.42 Å². The van der Waals surface area contributed by atoms with E-state index in [2.05, 4.69) is 41.0 Å². The van der Waals surface area contributed by atoms with Crippen LogP contribution in [0.2, 0.25) is 0 Å². The molecule has 2 nitrogen and oxygen atoms in total. The third-order valence-electron chi connectivity index (χ3n) is 4.81. The topological polar surface area (TPSA) is 24.7 Å². The van der Waals surface area contributed by atoms with Crippen LogP contribution in [-0.2, 0) is 12.8 Å². The molecule has 3 aromatic carbocycles. The Bertz CT molecular complexity index is 983. The zero-order chi connectivity index (χ0) is 21.2. The van der Waals surface area contributed by atoms with Gasteiger partial charge in [-0.3, -0.25) is 0 Å². The number of hydrogen-bond donors (Lipinski definition) is 0. The Morgan fingerprint density at radius 2 is 1.23 bits per heavy atom.